The highest BCUT2D eigenvalue weighted by atomic mass is 35.5. The molecule has 0 radical (unpaired) electrons. The van der Waals surface area contributed by atoms with E-state index in [1.54, 1.807) is 31.9 Å². The molecule has 14 heteroatoms. The monoisotopic (exact) mass is 833 g/mol. The first kappa shape index (κ1) is 45.4. The Labute approximate surface area is 346 Å². The second-order valence-corrected chi connectivity index (χ2v) is 17.7. The molecule has 1 unspecified atom stereocenters. The highest BCUT2D eigenvalue weighted by molar-refractivity contribution is 7.99. The maximum absolute atomic E-state index is 12.7. The van der Waals surface area contributed by atoms with Gasteiger partial charge in [-0.25, -0.2) is 22.3 Å². The number of aromatic nitrogens is 1. The number of piperazine rings is 1. The lowest BCUT2D eigenvalue weighted by atomic mass is 9.92. The van der Waals surface area contributed by atoms with Gasteiger partial charge in [0.15, 0.2) is 0 Å². The summed E-state index contributed by atoms with van der Waals surface area (Å²) in [5.74, 6) is -2.19. The Morgan fingerprint density at radius 2 is 1.49 bits per heavy atom. The number of carboxylic acids is 2. The van der Waals surface area contributed by atoms with Crippen LogP contribution in [-0.4, -0.2) is 129 Å². The molecule has 0 amide bonds. The molecule has 6 rings (SSSR count). The van der Waals surface area contributed by atoms with E-state index in [1.807, 2.05) is 42.6 Å². The molecule has 3 aromatic carbocycles. The SMILES string of the molecule is CN(C)CCC(c1ccc(Cl)cc1)c1ccccn1.CN1CCN(CC/C=C2/c3ccccc3Sc3ccc(S(=O)(=O)N(C)C)cc32)CC1.O=C(O)/C=C\C(=O)O. The molecule has 1 fully saturated rings. The first-order valence-corrected chi connectivity index (χ1v) is 21.2. The number of rotatable bonds is 12. The number of nitrogens with zero attached hydrogens (tertiary/aromatic N) is 5. The summed E-state index contributed by atoms with van der Waals surface area (Å²) < 4.78 is 26.7. The van der Waals surface area contributed by atoms with Crippen LogP contribution >= 0.6 is 23.4 Å². The maximum atomic E-state index is 12.7. The average molecular weight is 835 g/mol. The summed E-state index contributed by atoms with van der Waals surface area (Å²) in [6, 6.07) is 28.1. The number of pyridine rings is 1. The van der Waals surface area contributed by atoms with Gasteiger partial charge >= 0.3 is 11.9 Å². The van der Waals surface area contributed by atoms with Crippen LogP contribution in [0.4, 0.5) is 0 Å². The summed E-state index contributed by atoms with van der Waals surface area (Å²) in [6.07, 6.45) is 7.26. The zero-order valence-corrected chi connectivity index (χ0v) is 35.5. The second kappa shape index (κ2) is 22.0. The van der Waals surface area contributed by atoms with Gasteiger partial charge in [0.25, 0.3) is 0 Å². The molecule has 304 valence electrons. The lowest BCUT2D eigenvalue weighted by Crippen LogP contribution is -2.44. The first-order chi connectivity index (χ1) is 27.1. The van der Waals surface area contributed by atoms with E-state index in [0.29, 0.717) is 23.0 Å². The number of hydrogen-bond donors (Lipinski definition) is 2. The molecule has 2 aliphatic rings. The molecule has 0 spiro atoms. The predicted molar refractivity (Wildman–Crippen MR) is 229 cm³/mol. The van der Waals surface area contributed by atoms with Crippen LogP contribution in [0.25, 0.3) is 5.57 Å². The molecule has 0 bridgehead atoms. The summed E-state index contributed by atoms with van der Waals surface area (Å²) in [7, 11) is 6.04. The summed E-state index contributed by atoms with van der Waals surface area (Å²) in [4.78, 5) is 33.4. The lowest BCUT2D eigenvalue weighted by Gasteiger charge is -2.32. The Balaban J connectivity index is 0.000000227. The van der Waals surface area contributed by atoms with Crippen molar-refractivity contribution in [2.24, 2.45) is 0 Å². The van der Waals surface area contributed by atoms with Crippen molar-refractivity contribution in [1.29, 1.82) is 0 Å². The van der Waals surface area contributed by atoms with E-state index in [0.717, 1.165) is 78.9 Å². The Kier molecular flexibility index (Phi) is 17.5. The number of carboxylic acid groups (broad SMARTS) is 2. The molecule has 4 aromatic rings. The number of likely N-dealkylation sites (N-methyl/N-ethyl adjacent to an activating group) is 1. The minimum atomic E-state index is -3.47. The first-order valence-electron chi connectivity index (χ1n) is 18.6. The Morgan fingerprint density at radius 3 is 2.09 bits per heavy atom. The quantitative estimate of drug-likeness (QED) is 0.126. The van der Waals surface area contributed by atoms with Crippen molar-refractivity contribution in [3.63, 3.8) is 0 Å². The van der Waals surface area contributed by atoms with Crippen LogP contribution in [-0.2, 0) is 19.6 Å². The normalized spacial score (nSPS) is 15.6. The van der Waals surface area contributed by atoms with Crippen molar-refractivity contribution >= 4 is 50.9 Å². The topological polar surface area (TPSA) is 135 Å². The van der Waals surface area contributed by atoms with Crippen molar-refractivity contribution in [3.8, 4) is 0 Å². The third kappa shape index (κ3) is 13.9. The minimum Gasteiger partial charge on any atom is -0.478 e. The fourth-order valence-corrected chi connectivity index (χ4v) is 8.34. The molecule has 1 atom stereocenters. The van der Waals surface area contributed by atoms with E-state index in [-0.39, 0.29) is 0 Å². The van der Waals surface area contributed by atoms with Crippen LogP contribution in [0.5, 0.6) is 0 Å². The molecule has 3 heterocycles. The second-order valence-electron chi connectivity index (χ2n) is 14.1. The van der Waals surface area contributed by atoms with Crippen LogP contribution in [0.1, 0.15) is 41.1 Å². The van der Waals surface area contributed by atoms with Gasteiger partial charge in [-0.2, -0.15) is 0 Å². The number of fused-ring (bicyclic) bond motifs is 2. The molecule has 2 N–H and O–H groups in total. The highest BCUT2D eigenvalue weighted by Crippen LogP contribution is 2.46. The molecular weight excluding hydrogens is 782 g/mol. The van der Waals surface area contributed by atoms with Crippen molar-refractivity contribution < 1.29 is 28.2 Å². The zero-order chi connectivity index (χ0) is 41.5. The average Bonchev–Trinajstić information content (AvgIpc) is 3.19. The predicted octanol–water partition coefficient (Wildman–Crippen LogP) is 7.00. The number of halogens is 1. The van der Waals surface area contributed by atoms with Gasteiger partial charge in [0.1, 0.15) is 0 Å². The Bertz CT molecular complexity index is 2090. The van der Waals surface area contributed by atoms with E-state index >= 15 is 0 Å². The largest absolute Gasteiger partial charge is 0.478 e. The van der Waals surface area contributed by atoms with Gasteiger partial charge in [0.2, 0.25) is 10.0 Å². The van der Waals surface area contributed by atoms with Gasteiger partial charge in [0.05, 0.1) is 4.90 Å². The summed E-state index contributed by atoms with van der Waals surface area (Å²) in [5, 5.41) is 16.4. The maximum Gasteiger partial charge on any atom is 0.328 e. The van der Waals surface area contributed by atoms with Crippen molar-refractivity contribution in [1.82, 2.24) is 24.0 Å². The molecule has 0 aliphatic carbocycles. The number of sulfonamides is 1. The van der Waals surface area contributed by atoms with Crippen LogP contribution in [0.3, 0.4) is 0 Å². The molecule has 2 aliphatic heterocycles. The number of hydrogen-bond acceptors (Lipinski definition) is 9. The number of carbonyl (C=O) groups is 2. The molecule has 11 nitrogen and oxygen atoms in total. The number of benzene rings is 3. The summed E-state index contributed by atoms with van der Waals surface area (Å²) in [5.41, 5.74) is 5.73. The van der Waals surface area contributed by atoms with E-state index in [4.69, 9.17) is 21.8 Å². The standard InChI is InChI=1S/C23H29N3O2S2.C16H19ClN2.C4H4O4/c1-24(2)30(27,28)18-10-11-23-21(17-18)19(20-7-4-5-9-22(20)29-23)8-6-12-26-15-13-25(3)14-16-26;1-19(2)12-10-15(16-5-3-4-11-18-16)13-6-8-14(17)9-7-13;5-3(6)1-2-4(7)8/h4-5,7-11,17H,6,12-16H2,1-3H3;3-9,11,15H,10,12H2,1-2H3;1-2H,(H,5,6)(H,7,8)/b19-8-;;2-1-. The van der Waals surface area contributed by atoms with Gasteiger partial charge in [-0.05, 0) is 111 Å². The fraction of sp³-hybridized carbons (Fsp3) is 0.326. The van der Waals surface area contributed by atoms with Gasteiger partial charge in [-0.3, -0.25) is 4.98 Å². The minimum absolute atomic E-state index is 0.320. The van der Waals surface area contributed by atoms with E-state index < -0.39 is 22.0 Å². The van der Waals surface area contributed by atoms with Gasteiger partial charge in [0, 0.05) is 91.6 Å². The summed E-state index contributed by atoms with van der Waals surface area (Å²) >= 11 is 7.68. The zero-order valence-electron chi connectivity index (χ0n) is 33.1. The van der Waals surface area contributed by atoms with Crippen molar-refractivity contribution in [3.05, 3.63) is 137 Å². The van der Waals surface area contributed by atoms with Crippen LogP contribution < -0.4 is 0 Å². The third-order valence-corrected chi connectivity index (χ3v) is 12.6. The van der Waals surface area contributed by atoms with Crippen LogP contribution in [0.15, 0.2) is 124 Å². The van der Waals surface area contributed by atoms with E-state index in [9.17, 15) is 18.0 Å². The third-order valence-electron chi connectivity index (χ3n) is 9.36. The van der Waals surface area contributed by atoms with Gasteiger partial charge < -0.3 is 24.9 Å². The fourth-order valence-electron chi connectivity index (χ4n) is 6.20. The van der Waals surface area contributed by atoms with Crippen molar-refractivity contribution in [2.45, 2.75) is 33.4 Å². The Hall–Kier alpha value is -4.34. The van der Waals surface area contributed by atoms with Crippen molar-refractivity contribution in [2.75, 3.05) is 74.5 Å². The molecule has 1 aromatic heterocycles. The summed E-state index contributed by atoms with van der Waals surface area (Å²) in [6.45, 7) is 6.50. The molecule has 57 heavy (non-hydrogen) atoms. The Morgan fingerprint density at radius 1 is 0.860 bits per heavy atom. The van der Waals surface area contributed by atoms with E-state index in [1.165, 1.54) is 20.3 Å². The van der Waals surface area contributed by atoms with E-state index in [2.05, 4.69) is 89.4 Å². The molecule has 0 saturated carbocycles. The van der Waals surface area contributed by atoms with Crippen LogP contribution in [0, 0.1) is 0 Å². The van der Waals surface area contributed by atoms with Gasteiger partial charge in [-0.15, -0.1) is 0 Å². The van der Waals surface area contributed by atoms with Crippen LogP contribution in [0.2, 0.25) is 5.02 Å². The highest BCUT2D eigenvalue weighted by Gasteiger charge is 2.25. The lowest BCUT2D eigenvalue weighted by molar-refractivity contribution is -0.134. The molecule has 1 saturated heterocycles. The molecular formula is C43H52ClN5O6S2. The smallest absolute Gasteiger partial charge is 0.328 e. The number of aliphatic carboxylic acids is 2. The van der Waals surface area contributed by atoms with Gasteiger partial charge in [-0.1, -0.05) is 65.8 Å².